The molecule has 1 aliphatic heterocycles. The number of aromatic nitrogens is 2. The smallest absolute Gasteiger partial charge is 0.259 e. The molecule has 154 valence electrons. The molecule has 0 spiro atoms. The molecule has 1 aliphatic rings. The Morgan fingerprint density at radius 3 is 2.76 bits per heavy atom. The zero-order chi connectivity index (χ0) is 20.4. The minimum atomic E-state index is -0.100. The van der Waals surface area contributed by atoms with Gasteiger partial charge in [0, 0.05) is 37.6 Å². The number of amides is 1. The molecule has 0 unspecified atom stereocenters. The third kappa shape index (κ3) is 4.49. The number of thiophene rings is 1. The quantitative estimate of drug-likeness (QED) is 0.627. The largest absolute Gasteiger partial charge is 0.352 e. The second kappa shape index (κ2) is 8.61. The van der Waals surface area contributed by atoms with Crippen LogP contribution < -0.4 is 5.32 Å². The Hall–Kier alpha value is -2.29. The first-order chi connectivity index (χ1) is 14.0. The molecule has 3 aromatic rings. The van der Waals surface area contributed by atoms with E-state index in [0.29, 0.717) is 28.9 Å². The van der Waals surface area contributed by atoms with Crippen LogP contribution in [0.25, 0.3) is 21.7 Å². The zero-order valence-electron chi connectivity index (χ0n) is 17.2. The summed E-state index contributed by atoms with van der Waals surface area (Å²) in [4.78, 5) is 24.6. The number of aryl methyl sites for hydroxylation is 2. The van der Waals surface area contributed by atoms with Crippen LogP contribution in [-0.2, 0) is 0 Å². The fourth-order valence-corrected chi connectivity index (χ4v) is 4.47. The molecule has 0 bridgehead atoms. The number of pyridine rings is 1. The van der Waals surface area contributed by atoms with Crippen LogP contribution in [0.2, 0.25) is 0 Å². The standard InChI is InChI=1S/C21H27N5O2S/c1-14-5-6-18(29-14)17-13-16(19-15(2)24-28-21(19)23-17)20(27)22-7-4-8-26-11-9-25(3)10-12-26/h5-6,13H,4,7-12H2,1-3H3,(H,22,27). The van der Waals surface area contributed by atoms with Crippen LogP contribution in [0.3, 0.4) is 0 Å². The number of carbonyl (C=O) groups excluding carboxylic acids is 1. The lowest BCUT2D eigenvalue weighted by molar-refractivity contribution is 0.0951. The van der Waals surface area contributed by atoms with Gasteiger partial charge in [0.2, 0.25) is 0 Å². The molecule has 8 heteroatoms. The van der Waals surface area contributed by atoms with E-state index in [1.54, 1.807) is 11.3 Å². The Labute approximate surface area is 174 Å². The summed E-state index contributed by atoms with van der Waals surface area (Å²) in [5.74, 6) is -0.100. The van der Waals surface area contributed by atoms with Crippen molar-refractivity contribution in [2.24, 2.45) is 0 Å². The molecule has 0 saturated carbocycles. The minimum Gasteiger partial charge on any atom is -0.352 e. The molecule has 0 radical (unpaired) electrons. The Morgan fingerprint density at radius 1 is 1.24 bits per heavy atom. The maximum atomic E-state index is 13.0. The number of piperazine rings is 1. The van der Waals surface area contributed by atoms with E-state index >= 15 is 0 Å². The van der Waals surface area contributed by atoms with Crippen molar-refractivity contribution in [2.75, 3.05) is 46.3 Å². The molecule has 0 aromatic carbocycles. The molecule has 1 fully saturated rings. The monoisotopic (exact) mass is 413 g/mol. The third-order valence-electron chi connectivity index (χ3n) is 5.39. The van der Waals surface area contributed by atoms with Crippen LogP contribution in [0.15, 0.2) is 22.7 Å². The van der Waals surface area contributed by atoms with Crippen LogP contribution in [0.5, 0.6) is 0 Å². The van der Waals surface area contributed by atoms with E-state index in [-0.39, 0.29) is 5.91 Å². The molecule has 3 aromatic heterocycles. The molecule has 1 amide bonds. The average molecular weight is 414 g/mol. The Kier molecular flexibility index (Phi) is 5.94. The number of nitrogens with one attached hydrogen (secondary N) is 1. The molecule has 4 rings (SSSR count). The van der Waals surface area contributed by atoms with Crippen LogP contribution in [0.1, 0.15) is 27.3 Å². The summed E-state index contributed by atoms with van der Waals surface area (Å²) >= 11 is 1.65. The van der Waals surface area contributed by atoms with Gasteiger partial charge in [0.1, 0.15) is 0 Å². The van der Waals surface area contributed by atoms with Gasteiger partial charge < -0.3 is 19.6 Å². The maximum Gasteiger partial charge on any atom is 0.259 e. The third-order valence-corrected chi connectivity index (χ3v) is 6.41. The fraction of sp³-hybridized carbons (Fsp3) is 0.476. The van der Waals surface area contributed by atoms with E-state index in [0.717, 1.165) is 49.7 Å². The van der Waals surface area contributed by atoms with Crippen LogP contribution in [-0.4, -0.2) is 72.2 Å². The second-order valence-electron chi connectivity index (χ2n) is 7.67. The van der Waals surface area contributed by atoms with Crippen LogP contribution in [0.4, 0.5) is 0 Å². The Morgan fingerprint density at radius 2 is 2.03 bits per heavy atom. The first kappa shape index (κ1) is 20.0. The molecule has 4 heterocycles. The van der Waals surface area contributed by atoms with Crippen molar-refractivity contribution in [3.05, 3.63) is 34.3 Å². The van der Waals surface area contributed by atoms with E-state index in [9.17, 15) is 4.79 Å². The van der Waals surface area contributed by atoms with Crippen molar-refractivity contribution in [1.82, 2.24) is 25.3 Å². The lowest BCUT2D eigenvalue weighted by atomic mass is 10.1. The summed E-state index contributed by atoms with van der Waals surface area (Å²) in [7, 11) is 2.16. The van der Waals surface area contributed by atoms with Crippen LogP contribution in [0, 0.1) is 13.8 Å². The normalized spacial score (nSPS) is 15.8. The van der Waals surface area contributed by atoms with Gasteiger partial charge in [0.25, 0.3) is 11.6 Å². The highest BCUT2D eigenvalue weighted by molar-refractivity contribution is 7.15. The highest BCUT2D eigenvalue weighted by atomic mass is 32.1. The van der Waals surface area contributed by atoms with Crippen molar-refractivity contribution < 1.29 is 9.32 Å². The van der Waals surface area contributed by atoms with Crippen LogP contribution >= 0.6 is 11.3 Å². The molecule has 0 atom stereocenters. The van der Waals surface area contributed by atoms with E-state index < -0.39 is 0 Å². The SMILES string of the molecule is Cc1ccc(-c2cc(C(=O)NCCCN3CCN(C)CC3)c3c(C)noc3n2)s1. The summed E-state index contributed by atoms with van der Waals surface area (Å²) in [6.45, 7) is 9.96. The summed E-state index contributed by atoms with van der Waals surface area (Å²) in [5.41, 5.74) is 2.42. The van der Waals surface area contributed by atoms with Crippen molar-refractivity contribution in [3.63, 3.8) is 0 Å². The molecular weight excluding hydrogens is 386 g/mol. The van der Waals surface area contributed by atoms with E-state index in [1.165, 1.54) is 4.88 Å². The predicted octanol–water partition coefficient (Wildman–Crippen LogP) is 2.94. The fourth-order valence-electron chi connectivity index (χ4n) is 3.64. The number of carbonyl (C=O) groups is 1. The van der Waals surface area contributed by atoms with Gasteiger partial charge in [-0.2, -0.15) is 0 Å². The van der Waals surface area contributed by atoms with Crippen molar-refractivity contribution in [1.29, 1.82) is 0 Å². The maximum absolute atomic E-state index is 13.0. The Balaban J connectivity index is 1.45. The van der Waals surface area contributed by atoms with Gasteiger partial charge in [0.15, 0.2) is 0 Å². The summed E-state index contributed by atoms with van der Waals surface area (Å²) in [6, 6.07) is 5.93. The van der Waals surface area contributed by atoms with Gasteiger partial charge in [-0.15, -0.1) is 11.3 Å². The average Bonchev–Trinajstić information content (AvgIpc) is 3.32. The lowest BCUT2D eigenvalue weighted by Gasteiger charge is -2.32. The minimum absolute atomic E-state index is 0.100. The van der Waals surface area contributed by atoms with E-state index in [4.69, 9.17) is 4.52 Å². The number of nitrogens with zero attached hydrogens (tertiary/aromatic N) is 4. The van der Waals surface area contributed by atoms with Gasteiger partial charge in [0.05, 0.1) is 27.2 Å². The first-order valence-electron chi connectivity index (χ1n) is 10.0. The van der Waals surface area contributed by atoms with Crippen molar-refractivity contribution in [3.8, 4) is 10.6 Å². The van der Waals surface area contributed by atoms with Gasteiger partial charge >= 0.3 is 0 Å². The number of rotatable bonds is 6. The molecular formula is C21H27N5O2S. The summed E-state index contributed by atoms with van der Waals surface area (Å²) in [6.07, 6.45) is 0.934. The number of fused-ring (bicyclic) bond motifs is 1. The predicted molar refractivity (Wildman–Crippen MR) is 115 cm³/mol. The van der Waals surface area contributed by atoms with Gasteiger partial charge in [-0.05, 0) is 52.1 Å². The molecule has 29 heavy (non-hydrogen) atoms. The lowest BCUT2D eigenvalue weighted by Crippen LogP contribution is -2.45. The second-order valence-corrected chi connectivity index (χ2v) is 8.96. The number of hydrogen-bond acceptors (Lipinski definition) is 7. The van der Waals surface area contributed by atoms with Crippen molar-refractivity contribution >= 4 is 28.3 Å². The summed E-state index contributed by atoms with van der Waals surface area (Å²) in [5, 5.41) is 7.78. The van der Waals surface area contributed by atoms with Gasteiger partial charge in [-0.25, -0.2) is 4.98 Å². The Bertz CT molecular complexity index is 1000. The first-order valence-corrected chi connectivity index (χ1v) is 10.9. The summed E-state index contributed by atoms with van der Waals surface area (Å²) < 4.78 is 5.37. The van der Waals surface area contributed by atoms with Crippen molar-refractivity contribution in [2.45, 2.75) is 20.3 Å². The van der Waals surface area contributed by atoms with E-state index in [2.05, 4.69) is 45.3 Å². The molecule has 0 aliphatic carbocycles. The highest BCUT2D eigenvalue weighted by Gasteiger charge is 2.20. The zero-order valence-corrected chi connectivity index (χ0v) is 18.0. The molecule has 1 N–H and O–H groups in total. The highest BCUT2D eigenvalue weighted by Crippen LogP contribution is 2.30. The molecule has 7 nitrogen and oxygen atoms in total. The molecule has 1 saturated heterocycles. The number of hydrogen-bond donors (Lipinski definition) is 1. The van der Waals surface area contributed by atoms with Gasteiger partial charge in [-0.3, -0.25) is 4.79 Å². The van der Waals surface area contributed by atoms with Gasteiger partial charge in [-0.1, -0.05) is 5.16 Å². The number of likely N-dealkylation sites (N-methyl/N-ethyl adjacent to an activating group) is 1. The topological polar surface area (TPSA) is 74.5 Å². The van der Waals surface area contributed by atoms with E-state index in [1.807, 2.05) is 19.1 Å².